The van der Waals surface area contributed by atoms with Gasteiger partial charge in [-0.2, -0.15) is 0 Å². The Morgan fingerprint density at radius 1 is 1.43 bits per heavy atom. The molecule has 3 rings (SSSR count). The van der Waals surface area contributed by atoms with Crippen molar-refractivity contribution in [1.82, 2.24) is 0 Å². The second kappa shape index (κ2) is 0.576. The number of ether oxygens (including phenoxy) is 1. The molecule has 0 aromatic carbocycles. The molecule has 1 saturated heterocycles. The molecule has 2 saturated carbocycles. The monoisotopic (exact) mass is 96.1 g/mol. The Hall–Kier alpha value is -0.0400. The standard InChI is InChI=1S/C6H8O/c1-4-3-7-5-2-6(1,4)5/h4-5H,1-3H2. The molecule has 1 heterocycles. The largest absolute Gasteiger partial charge is 0.377 e. The molecule has 0 N–H and O–H groups in total. The average molecular weight is 96.1 g/mol. The molecule has 0 radical (unpaired) electrons. The van der Waals surface area contributed by atoms with E-state index in [9.17, 15) is 0 Å². The van der Waals surface area contributed by atoms with Gasteiger partial charge in [0.25, 0.3) is 0 Å². The molecule has 7 heavy (non-hydrogen) atoms. The summed E-state index contributed by atoms with van der Waals surface area (Å²) < 4.78 is 5.38. The summed E-state index contributed by atoms with van der Waals surface area (Å²) in [6.45, 7) is 1.09. The van der Waals surface area contributed by atoms with E-state index >= 15 is 0 Å². The smallest absolute Gasteiger partial charge is 0.0642 e. The Balaban J connectivity index is 2.12. The maximum absolute atomic E-state index is 5.38. The summed E-state index contributed by atoms with van der Waals surface area (Å²) in [6.07, 6.45) is 3.63. The zero-order valence-electron chi connectivity index (χ0n) is 4.18. The van der Waals surface area contributed by atoms with Crippen LogP contribution in [0.3, 0.4) is 0 Å². The van der Waals surface area contributed by atoms with Crippen LogP contribution in [-0.4, -0.2) is 12.7 Å². The Morgan fingerprint density at radius 2 is 2.43 bits per heavy atom. The molecule has 0 bridgehead atoms. The average Bonchev–Trinajstić information content (AvgIpc) is 2.49. The normalized spacial score (nSPS) is 72.0. The first-order valence-electron chi connectivity index (χ1n) is 3.03. The zero-order chi connectivity index (χ0) is 4.48. The van der Waals surface area contributed by atoms with E-state index in [-0.39, 0.29) is 0 Å². The molecule has 3 aliphatic rings. The number of rotatable bonds is 0. The van der Waals surface area contributed by atoms with Gasteiger partial charge in [-0.15, -0.1) is 0 Å². The number of hydrogen-bond donors (Lipinski definition) is 0. The van der Waals surface area contributed by atoms with Crippen LogP contribution in [0.4, 0.5) is 0 Å². The van der Waals surface area contributed by atoms with Gasteiger partial charge in [-0.3, -0.25) is 0 Å². The van der Waals surface area contributed by atoms with Crippen LogP contribution < -0.4 is 0 Å². The SMILES string of the molecule is C1OC2CC23CC13. The van der Waals surface area contributed by atoms with Crippen LogP contribution in [0.5, 0.6) is 0 Å². The fraction of sp³-hybridized carbons (Fsp3) is 1.00. The summed E-state index contributed by atoms with van der Waals surface area (Å²) in [5, 5.41) is 0. The van der Waals surface area contributed by atoms with Gasteiger partial charge in [0.1, 0.15) is 0 Å². The van der Waals surface area contributed by atoms with E-state index < -0.39 is 0 Å². The lowest BCUT2D eigenvalue weighted by molar-refractivity contribution is 0.134. The molecule has 1 spiro atoms. The molecular formula is C6H8O. The first-order chi connectivity index (χ1) is 3.42. The fourth-order valence-electron chi connectivity index (χ4n) is 2.01. The molecule has 1 nitrogen and oxygen atoms in total. The Bertz CT molecular complexity index is 110. The van der Waals surface area contributed by atoms with Crippen LogP contribution in [0, 0.1) is 11.3 Å². The minimum Gasteiger partial charge on any atom is -0.377 e. The van der Waals surface area contributed by atoms with Gasteiger partial charge >= 0.3 is 0 Å². The summed E-state index contributed by atoms with van der Waals surface area (Å²) in [4.78, 5) is 0. The lowest BCUT2D eigenvalue weighted by Crippen LogP contribution is -1.90. The minimum absolute atomic E-state index is 0.734. The van der Waals surface area contributed by atoms with Crippen LogP contribution in [0.25, 0.3) is 0 Å². The van der Waals surface area contributed by atoms with E-state index in [0.29, 0.717) is 0 Å². The van der Waals surface area contributed by atoms with Gasteiger partial charge in [0.15, 0.2) is 0 Å². The van der Waals surface area contributed by atoms with Crippen LogP contribution in [0.2, 0.25) is 0 Å². The summed E-state index contributed by atoms with van der Waals surface area (Å²) in [5.74, 6) is 1.01. The van der Waals surface area contributed by atoms with Gasteiger partial charge in [-0.1, -0.05) is 0 Å². The Morgan fingerprint density at radius 3 is 2.57 bits per heavy atom. The van der Waals surface area contributed by atoms with Crippen molar-refractivity contribution < 1.29 is 4.74 Å². The van der Waals surface area contributed by atoms with Crippen molar-refractivity contribution in [2.24, 2.45) is 11.3 Å². The topological polar surface area (TPSA) is 9.23 Å². The van der Waals surface area contributed by atoms with E-state index in [2.05, 4.69) is 0 Å². The quantitative estimate of drug-likeness (QED) is 0.433. The van der Waals surface area contributed by atoms with E-state index in [0.717, 1.165) is 24.0 Å². The minimum atomic E-state index is 0.734. The van der Waals surface area contributed by atoms with E-state index in [1.807, 2.05) is 0 Å². The molecule has 1 heteroatoms. The van der Waals surface area contributed by atoms with Gasteiger partial charge < -0.3 is 4.74 Å². The van der Waals surface area contributed by atoms with Crippen LogP contribution in [0.1, 0.15) is 12.8 Å². The van der Waals surface area contributed by atoms with Gasteiger partial charge in [-0.05, 0) is 18.8 Å². The maximum atomic E-state index is 5.38. The molecular weight excluding hydrogens is 88.1 g/mol. The molecule has 2 aliphatic carbocycles. The lowest BCUT2D eigenvalue weighted by Gasteiger charge is -1.90. The predicted octanol–water partition coefficient (Wildman–Crippen LogP) is 0.795. The highest BCUT2D eigenvalue weighted by Crippen LogP contribution is 2.75. The first-order valence-corrected chi connectivity index (χ1v) is 3.03. The highest BCUT2D eigenvalue weighted by Gasteiger charge is 2.75. The third kappa shape index (κ3) is 0.177. The first kappa shape index (κ1) is 3.08. The predicted molar refractivity (Wildman–Crippen MR) is 24.9 cm³/mol. The highest BCUT2D eigenvalue weighted by molar-refractivity contribution is 5.23. The van der Waals surface area contributed by atoms with Crippen molar-refractivity contribution >= 4 is 0 Å². The third-order valence-electron chi connectivity index (χ3n) is 2.82. The second-order valence-electron chi connectivity index (χ2n) is 3.16. The maximum Gasteiger partial charge on any atom is 0.0642 e. The molecule has 3 atom stereocenters. The number of hydrogen-bond acceptors (Lipinski definition) is 1. The van der Waals surface area contributed by atoms with Crippen molar-refractivity contribution in [1.29, 1.82) is 0 Å². The van der Waals surface area contributed by atoms with Gasteiger partial charge in [0.05, 0.1) is 12.7 Å². The van der Waals surface area contributed by atoms with E-state index in [1.54, 1.807) is 0 Å². The molecule has 1 aliphatic heterocycles. The van der Waals surface area contributed by atoms with E-state index in [4.69, 9.17) is 4.74 Å². The van der Waals surface area contributed by atoms with Gasteiger partial charge in [0, 0.05) is 5.41 Å². The van der Waals surface area contributed by atoms with Crippen molar-refractivity contribution in [2.75, 3.05) is 6.61 Å². The van der Waals surface area contributed by atoms with Crippen LogP contribution in [-0.2, 0) is 4.74 Å². The van der Waals surface area contributed by atoms with E-state index in [1.165, 1.54) is 12.8 Å². The van der Waals surface area contributed by atoms with Crippen molar-refractivity contribution in [3.63, 3.8) is 0 Å². The van der Waals surface area contributed by atoms with Crippen LogP contribution in [0.15, 0.2) is 0 Å². The van der Waals surface area contributed by atoms with Crippen molar-refractivity contribution in [2.45, 2.75) is 18.9 Å². The Kier molecular flexibility index (Phi) is 0.253. The lowest BCUT2D eigenvalue weighted by atomic mass is 10.3. The Labute approximate surface area is 42.7 Å². The highest BCUT2D eigenvalue weighted by atomic mass is 16.5. The van der Waals surface area contributed by atoms with Gasteiger partial charge in [0.2, 0.25) is 0 Å². The molecule has 0 aromatic rings. The van der Waals surface area contributed by atoms with Crippen molar-refractivity contribution in [3.8, 4) is 0 Å². The second-order valence-corrected chi connectivity index (χ2v) is 3.16. The molecule has 0 amide bonds. The molecule has 38 valence electrons. The zero-order valence-corrected chi connectivity index (χ0v) is 4.18. The molecule has 0 aromatic heterocycles. The van der Waals surface area contributed by atoms with Crippen molar-refractivity contribution in [3.05, 3.63) is 0 Å². The summed E-state index contributed by atoms with van der Waals surface area (Å²) in [6, 6.07) is 0. The molecule has 3 fully saturated rings. The molecule has 3 unspecified atom stereocenters. The fourth-order valence-corrected chi connectivity index (χ4v) is 2.01. The third-order valence-corrected chi connectivity index (χ3v) is 2.82. The summed E-state index contributed by atoms with van der Waals surface area (Å²) >= 11 is 0. The summed E-state index contributed by atoms with van der Waals surface area (Å²) in [5.41, 5.74) is 0.806. The summed E-state index contributed by atoms with van der Waals surface area (Å²) in [7, 11) is 0. The van der Waals surface area contributed by atoms with Crippen LogP contribution >= 0.6 is 0 Å². The van der Waals surface area contributed by atoms with Gasteiger partial charge in [-0.25, -0.2) is 0 Å².